The van der Waals surface area contributed by atoms with E-state index in [1.807, 2.05) is 4.90 Å². The second-order valence-electron chi connectivity index (χ2n) is 5.08. The second kappa shape index (κ2) is 6.54. The zero-order valence-corrected chi connectivity index (χ0v) is 11.1. The minimum Gasteiger partial charge on any atom is -0.481 e. The highest BCUT2D eigenvalue weighted by Crippen LogP contribution is 2.16. The lowest BCUT2D eigenvalue weighted by molar-refractivity contribution is -0.149. The van der Waals surface area contributed by atoms with Crippen LogP contribution in [-0.2, 0) is 9.59 Å². The van der Waals surface area contributed by atoms with Gasteiger partial charge in [0.2, 0.25) is 5.91 Å². The summed E-state index contributed by atoms with van der Waals surface area (Å²) < 4.78 is 0. The maximum atomic E-state index is 12.2. The van der Waals surface area contributed by atoms with E-state index in [0.29, 0.717) is 19.0 Å². The third-order valence-corrected chi connectivity index (χ3v) is 3.01. The van der Waals surface area contributed by atoms with E-state index in [2.05, 4.69) is 20.4 Å². The molecule has 1 atom stereocenters. The summed E-state index contributed by atoms with van der Waals surface area (Å²) in [6.07, 6.45) is 1.55. The third kappa shape index (κ3) is 3.84. The summed E-state index contributed by atoms with van der Waals surface area (Å²) in [6, 6.07) is -0.529. The Morgan fingerprint density at radius 3 is 2.72 bits per heavy atom. The minimum absolute atomic E-state index is 0.0933. The summed E-state index contributed by atoms with van der Waals surface area (Å²) in [4.78, 5) is 26.8. The highest BCUT2D eigenvalue weighted by Gasteiger charge is 2.35. The van der Waals surface area contributed by atoms with Crippen LogP contribution in [0.3, 0.4) is 0 Å². The van der Waals surface area contributed by atoms with Gasteiger partial charge >= 0.3 is 5.97 Å². The number of nitrogens with zero attached hydrogens (tertiary/aromatic N) is 2. The van der Waals surface area contributed by atoms with E-state index in [1.165, 1.54) is 0 Å². The molecule has 0 aromatic carbocycles. The van der Waals surface area contributed by atoms with Crippen molar-refractivity contribution >= 4 is 11.9 Å². The van der Waals surface area contributed by atoms with Crippen molar-refractivity contribution < 1.29 is 14.7 Å². The molecule has 1 rings (SSSR count). The molecule has 0 aromatic heterocycles. The predicted molar refractivity (Wildman–Crippen MR) is 69.2 cm³/mol. The quantitative estimate of drug-likeness (QED) is 0.713. The molecule has 0 radical (unpaired) electrons. The van der Waals surface area contributed by atoms with Gasteiger partial charge in [0.1, 0.15) is 0 Å². The van der Waals surface area contributed by atoms with Gasteiger partial charge in [0, 0.05) is 26.2 Å². The maximum Gasteiger partial charge on any atom is 0.305 e. The Bertz CT molecular complexity index is 328. The molecule has 1 unspecified atom stereocenters. The van der Waals surface area contributed by atoms with Crippen molar-refractivity contribution in [1.82, 2.24) is 9.80 Å². The average molecular weight is 254 g/mol. The van der Waals surface area contributed by atoms with Gasteiger partial charge in [-0.3, -0.25) is 14.5 Å². The van der Waals surface area contributed by atoms with E-state index in [4.69, 9.17) is 5.11 Å². The Hall–Kier alpha value is -1.36. The van der Waals surface area contributed by atoms with E-state index in [9.17, 15) is 9.59 Å². The van der Waals surface area contributed by atoms with Crippen molar-refractivity contribution in [3.05, 3.63) is 12.7 Å². The van der Waals surface area contributed by atoms with Gasteiger partial charge in [-0.15, -0.1) is 6.58 Å². The van der Waals surface area contributed by atoms with E-state index in [1.54, 1.807) is 11.0 Å². The van der Waals surface area contributed by atoms with Gasteiger partial charge < -0.3 is 10.0 Å². The molecule has 0 aliphatic carbocycles. The fourth-order valence-corrected chi connectivity index (χ4v) is 2.29. The number of hydrogen-bond donors (Lipinski definition) is 1. The average Bonchev–Trinajstić information content (AvgIpc) is 2.26. The molecule has 5 nitrogen and oxygen atoms in total. The molecule has 1 amide bonds. The molecule has 0 saturated carbocycles. The van der Waals surface area contributed by atoms with Crippen LogP contribution < -0.4 is 0 Å². The SMILES string of the molecule is C=CCN1CCN(CC(C)C)C(CC(=O)O)C1=O. The fourth-order valence-electron chi connectivity index (χ4n) is 2.29. The number of amides is 1. The van der Waals surface area contributed by atoms with Crippen LogP contribution in [0, 0.1) is 5.92 Å². The highest BCUT2D eigenvalue weighted by atomic mass is 16.4. The molecule has 1 aliphatic heterocycles. The number of carboxylic acid groups (broad SMARTS) is 1. The Morgan fingerprint density at radius 1 is 1.56 bits per heavy atom. The number of aliphatic carboxylic acids is 1. The third-order valence-electron chi connectivity index (χ3n) is 3.01. The lowest BCUT2D eigenvalue weighted by Crippen LogP contribution is -2.58. The van der Waals surface area contributed by atoms with Crippen LogP contribution in [0.15, 0.2) is 12.7 Å². The molecule has 1 saturated heterocycles. The normalized spacial score (nSPS) is 21.4. The van der Waals surface area contributed by atoms with Crippen molar-refractivity contribution in [3.63, 3.8) is 0 Å². The summed E-state index contributed by atoms with van der Waals surface area (Å²) in [5.74, 6) is -0.605. The number of rotatable bonds is 6. The van der Waals surface area contributed by atoms with Crippen LogP contribution in [0.1, 0.15) is 20.3 Å². The van der Waals surface area contributed by atoms with Gasteiger partial charge in [0.15, 0.2) is 0 Å². The molecule has 0 aromatic rings. The monoisotopic (exact) mass is 254 g/mol. The molecular weight excluding hydrogens is 232 g/mol. The summed E-state index contributed by atoms with van der Waals surface area (Å²) in [5.41, 5.74) is 0. The van der Waals surface area contributed by atoms with E-state index in [0.717, 1.165) is 13.1 Å². The zero-order valence-electron chi connectivity index (χ0n) is 11.1. The molecule has 18 heavy (non-hydrogen) atoms. The molecule has 102 valence electrons. The largest absolute Gasteiger partial charge is 0.481 e. The lowest BCUT2D eigenvalue weighted by Gasteiger charge is -2.40. The maximum absolute atomic E-state index is 12.2. The number of piperazine rings is 1. The number of carboxylic acids is 1. The van der Waals surface area contributed by atoms with Gasteiger partial charge in [-0.1, -0.05) is 19.9 Å². The van der Waals surface area contributed by atoms with Crippen LogP contribution in [0.2, 0.25) is 0 Å². The molecule has 1 fully saturated rings. The first-order valence-corrected chi connectivity index (χ1v) is 6.31. The van der Waals surface area contributed by atoms with Gasteiger partial charge in [0.25, 0.3) is 0 Å². The summed E-state index contributed by atoms with van der Waals surface area (Å²) in [7, 11) is 0. The van der Waals surface area contributed by atoms with Crippen LogP contribution >= 0.6 is 0 Å². The van der Waals surface area contributed by atoms with E-state index >= 15 is 0 Å². The van der Waals surface area contributed by atoms with Gasteiger partial charge in [0.05, 0.1) is 12.5 Å². The molecular formula is C13H22N2O3. The number of carbonyl (C=O) groups is 2. The van der Waals surface area contributed by atoms with Crippen molar-refractivity contribution in [2.24, 2.45) is 5.92 Å². The summed E-state index contributed by atoms with van der Waals surface area (Å²) in [5, 5.41) is 8.93. The van der Waals surface area contributed by atoms with Crippen LogP contribution in [0.4, 0.5) is 0 Å². The fraction of sp³-hybridized carbons (Fsp3) is 0.692. The van der Waals surface area contributed by atoms with Crippen LogP contribution in [0.5, 0.6) is 0 Å². The van der Waals surface area contributed by atoms with E-state index in [-0.39, 0.29) is 12.3 Å². The first-order valence-electron chi connectivity index (χ1n) is 6.31. The van der Waals surface area contributed by atoms with Crippen LogP contribution in [0.25, 0.3) is 0 Å². The molecule has 1 heterocycles. The molecule has 5 heteroatoms. The molecule has 0 spiro atoms. The van der Waals surface area contributed by atoms with Crippen molar-refractivity contribution in [1.29, 1.82) is 0 Å². The van der Waals surface area contributed by atoms with Crippen molar-refractivity contribution in [3.8, 4) is 0 Å². The topological polar surface area (TPSA) is 60.9 Å². The number of hydrogen-bond acceptors (Lipinski definition) is 3. The number of carbonyl (C=O) groups excluding carboxylic acids is 1. The molecule has 1 N–H and O–H groups in total. The Kier molecular flexibility index (Phi) is 5.34. The Labute approximate surface area is 108 Å². The van der Waals surface area contributed by atoms with Crippen LogP contribution in [-0.4, -0.2) is 59.0 Å². The van der Waals surface area contributed by atoms with E-state index < -0.39 is 12.0 Å². The standard InChI is InChI=1S/C13H22N2O3/c1-4-5-14-6-7-15(9-10(2)3)11(13(14)18)8-12(16)17/h4,10-11H,1,5-9H2,2-3H3,(H,16,17). The van der Waals surface area contributed by atoms with Gasteiger partial charge in [-0.05, 0) is 5.92 Å². The van der Waals surface area contributed by atoms with Crippen molar-refractivity contribution in [2.75, 3.05) is 26.2 Å². The summed E-state index contributed by atoms with van der Waals surface area (Å²) in [6.45, 7) is 10.4. The van der Waals surface area contributed by atoms with Gasteiger partial charge in [-0.2, -0.15) is 0 Å². The second-order valence-corrected chi connectivity index (χ2v) is 5.08. The lowest BCUT2D eigenvalue weighted by atomic mass is 10.0. The van der Waals surface area contributed by atoms with Crippen molar-refractivity contribution in [2.45, 2.75) is 26.3 Å². The predicted octanol–water partition coefficient (Wildman–Crippen LogP) is 0.816. The highest BCUT2D eigenvalue weighted by molar-refractivity contribution is 5.87. The molecule has 0 bridgehead atoms. The zero-order chi connectivity index (χ0) is 13.7. The smallest absolute Gasteiger partial charge is 0.305 e. The summed E-state index contributed by atoms with van der Waals surface area (Å²) >= 11 is 0. The Morgan fingerprint density at radius 2 is 2.22 bits per heavy atom. The molecule has 1 aliphatic rings. The first kappa shape index (κ1) is 14.7. The first-order chi connectivity index (χ1) is 8.45. The minimum atomic E-state index is -0.928. The van der Waals surface area contributed by atoms with Gasteiger partial charge in [-0.25, -0.2) is 0 Å². The Balaban J connectivity index is 2.78.